The van der Waals surface area contributed by atoms with Gasteiger partial charge in [0.1, 0.15) is 12.4 Å². The van der Waals surface area contributed by atoms with Crippen LogP contribution in [-0.4, -0.2) is 54.4 Å². The van der Waals surface area contributed by atoms with Crippen LogP contribution in [0.2, 0.25) is 5.02 Å². The molecule has 4 rings (SSSR count). The Morgan fingerprint density at radius 2 is 1.62 bits per heavy atom. The van der Waals surface area contributed by atoms with Crippen molar-refractivity contribution in [2.24, 2.45) is 0 Å². The Morgan fingerprint density at radius 1 is 0.941 bits per heavy atom. The molecular formula is C28H29ClN2O3. The summed E-state index contributed by atoms with van der Waals surface area (Å²) in [5.74, 6) is 0.442. The van der Waals surface area contributed by atoms with E-state index in [0.29, 0.717) is 41.4 Å². The van der Waals surface area contributed by atoms with Crippen molar-refractivity contribution in [2.75, 3.05) is 26.7 Å². The molecule has 5 nitrogen and oxygen atoms in total. The summed E-state index contributed by atoms with van der Waals surface area (Å²) in [6, 6.07) is 24.2. The highest BCUT2D eigenvalue weighted by Gasteiger charge is 2.27. The summed E-state index contributed by atoms with van der Waals surface area (Å²) in [5.41, 5.74) is 2.27. The summed E-state index contributed by atoms with van der Waals surface area (Å²) in [5, 5.41) is 0.596. The second kappa shape index (κ2) is 11.2. The first kappa shape index (κ1) is 23.8. The highest BCUT2D eigenvalue weighted by molar-refractivity contribution is 6.30. The van der Waals surface area contributed by atoms with Crippen LogP contribution in [0.1, 0.15) is 39.1 Å². The molecule has 1 heterocycles. The number of hydrogen-bond acceptors (Lipinski definition) is 3. The Bertz CT molecular complexity index is 1120. The summed E-state index contributed by atoms with van der Waals surface area (Å²) in [7, 11) is 1.81. The van der Waals surface area contributed by atoms with E-state index in [4.69, 9.17) is 16.3 Å². The summed E-state index contributed by atoms with van der Waals surface area (Å²) < 4.78 is 6.24. The molecule has 0 N–H and O–H groups in total. The Labute approximate surface area is 205 Å². The number of amides is 2. The molecular weight excluding hydrogens is 448 g/mol. The lowest BCUT2D eigenvalue weighted by molar-refractivity contribution is 0.0590. The maximum Gasteiger partial charge on any atom is 0.257 e. The van der Waals surface area contributed by atoms with E-state index < -0.39 is 0 Å². The number of hydrogen-bond donors (Lipinski definition) is 0. The maximum atomic E-state index is 13.7. The molecule has 1 aliphatic rings. The van der Waals surface area contributed by atoms with Gasteiger partial charge in [0.05, 0.1) is 11.6 Å². The van der Waals surface area contributed by atoms with Crippen molar-refractivity contribution >= 4 is 23.4 Å². The molecule has 0 fully saturated rings. The van der Waals surface area contributed by atoms with Gasteiger partial charge in [0.15, 0.2) is 0 Å². The molecule has 176 valence electrons. The van der Waals surface area contributed by atoms with Gasteiger partial charge in [0, 0.05) is 30.7 Å². The van der Waals surface area contributed by atoms with Gasteiger partial charge in [0.2, 0.25) is 0 Å². The third-order valence-electron chi connectivity index (χ3n) is 6.14. The minimum absolute atomic E-state index is 0.0454. The standard InChI is InChI=1S/C28H29ClN2O3/c1-30-17-7-8-18-31(27(32)22-13-15-23(29)16-14-22)24(19-21-9-3-2-4-10-21)20-34-26-12-6-5-11-25(26)28(30)33/h2-6,9-16,24H,7-8,17-20H2,1H3/t24-/m1/s1. The number of nitrogens with zero attached hydrogens (tertiary/aromatic N) is 2. The van der Waals surface area contributed by atoms with Gasteiger partial charge < -0.3 is 14.5 Å². The zero-order chi connectivity index (χ0) is 23.9. The molecule has 0 saturated heterocycles. The van der Waals surface area contributed by atoms with Crippen molar-refractivity contribution in [1.29, 1.82) is 0 Å². The van der Waals surface area contributed by atoms with Gasteiger partial charge in [-0.15, -0.1) is 0 Å². The lowest BCUT2D eigenvalue weighted by Crippen LogP contribution is -2.46. The zero-order valence-electron chi connectivity index (χ0n) is 19.3. The second-order valence-corrected chi connectivity index (χ2v) is 9.03. The van der Waals surface area contributed by atoms with Crippen LogP contribution < -0.4 is 4.74 Å². The first-order valence-corrected chi connectivity index (χ1v) is 12.0. The number of halogens is 1. The minimum Gasteiger partial charge on any atom is -0.491 e. The SMILES string of the molecule is CN1CCCCN(C(=O)c2ccc(Cl)cc2)[C@H](Cc2ccccc2)COc2ccccc2C1=O. The van der Waals surface area contributed by atoms with E-state index in [2.05, 4.69) is 12.1 Å². The van der Waals surface area contributed by atoms with Crippen LogP contribution in [0, 0.1) is 0 Å². The van der Waals surface area contributed by atoms with Crippen LogP contribution in [0.15, 0.2) is 78.9 Å². The predicted octanol–water partition coefficient (Wildman–Crippen LogP) is 5.34. The molecule has 0 radical (unpaired) electrons. The average molecular weight is 477 g/mol. The fourth-order valence-corrected chi connectivity index (χ4v) is 4.37. The topological polar surface area (TPSA) is 49.9 Å². The molecule has 0 unspecified atom stereocenters. The Hall–Kier alpha value is -3.31. The lowest BCUT2D eigenvalue weighted by atomic mass is 10.0. The molecule has 1 atom stereocenters. The fourth-order valence-electron chi connectivity index (χ4n) is 4.25. The molecule has 6 heteroatoms. The molecule has 0 saturated carbocycles. The number of rotatable bonds is 3. The first-order chi connectivity index (χ1) is 16.5. The van der Waals surface area contributed by atoms with Crippen molar-refractivity contribution in [2.45, 2.75) is 25.3 Å². The second-order valence-electron chi connectivity index (χ2n) is 8.59. The number of para-hydroxylation sites is 1. The van der Waals surface area contributed by atoms with Crippen LogP contribution in [0.5, 0.6) is 5.75 Å². The Balaban J connectivity index is 1.69. The van der Waals surface area contributed by atoms with Crippen molar-refractivity contribution in [3.63, 3.8) is 0 Å². The van der Waals surface area contributed by atoms with Gasteiger partial charge in [-0.3, -0.25) is 9.59 Å². The minimum atomic E-state index is -0.203. The van der Waals surface area contributed by atoms with E-state index in [0.717, 1.165) is 18.4 Å². The lowest BCUT2D eigenvalue weighted by Gasteiger charge is -2.33. The van der Waals surface area contributed by atoms with Crippen LogP contribution in [0.4, 0.5) is 0 Å². The maximum absolute atomic E-state index is 13.7. The summed E-state index contributed by atoms with van der Waals surface area (Å²) >= 11 is 6.06. The molecule has 0 bridgehead atoms. The highest BCUT2D eigenvalue weighted by atomic mass is 35.5. The highest BCUT2D eigenvalue weighted by Crippen LogP contribution is 2.23. The molecule has 2 amide bonds. The quantitative estimate of drug-likeness (QED) is 0.512. The average Bonchev–Trinajstić information content (AvgIpc) is 2.86. The third kappa shape index (κ3) is 5.78. The van der Waals surface area contributed by atoms with Gasteiger partial charge in [-0.25, -0.2) is 0 Å². The third-order valence-corrected chi connectivity index (χ3v) is 6.40. The van der Waals surface area contributed by atoms with Gasteiger partial charge >= 0.3 is 0 Å². The number of ether oxygens (including phenoxy) is 1. The normalized spacial score (nSPS) is 17.2. The van der Waals surface area contributed by atoms with E-state index in [9.17, 15) is 9.59 Å². The monoisotopic (exact) mass is 476 g/mol. The van der Waals surface area contributed by atoms with E-state index >= 15 is 0 Å². The van der Waals surface area contributed by atoms with Crippen LogP contribution in [-0.2, 0) is 6.42 Å². The van der Waals surface area contributed by atoms with Crippen molar-refractivity contribution < 1.29 is 14.3 Å². The van der Waals surface area contributed by atoms with E-state index in [1.54, 1.807) is 42.3 Å². The molecule has 0 spiro atoms. The van der Waals surface area contributed by atoms with E-state index in [1.807, 2.05) is 41.3 Å². The summed E-state index contributed by atoms with van der Waals surface area (Å²) in [6.45, 7) is 1.47. The van der Waals surface area contributed by atoms with Crippen molar-refractivity contribution in [3.8, 4) is 5.75 Å². The van der Waals surface area contributed by atoms with Crippen LogP contribution in [0.25, 0.3) is 0 Å². The Kier molecular flexibility index (Phi) is 7.86. The molecule has 1 aliphatic heterocycles. The first-order valence-electron chi connectivity index (χ1n) is 11.6. The van der Waals surface area contributed by atoms with Gasteiger partial charge in [-0.05, 0) is 61.2 Å². The van der Waals surface area contributed by atoms with E-state index in [-0.39, 0.29) is 24.5 Å². The summed E-state index contributed by atoms with van der Waals surface area (Å²) in [6.07, 6.45) is 2.23. The number of carbonyl (C=O) groups excluding carboxylic acids is 2. The predicted molar refractivity (Wildman–Crippen MR) is 135 cm³/mol. The van der Waals surface area contributed by atoms with Crippen molar-refractivity contribution in [1.82, 2.24) is 9.80 Å². The van der Waals surface area contributed by atoms with Crippen LogP contribution >= 0.6 is 11.6 Å². The summed E-state index contributed by atoms with van der Waals surface area (Å²) in [4.78, 5) is 30.3. The molecule has 0 aromatic heterocycles. The van der Waals surface area contributed by atoms with Crippen LogP contribution in [0.3, 0.4) is 0 Å². The van der Waals surface area contributed by atoms with Gasteiger partial charge in [-0.1, -0.05) is 54.1 Å². The number of carbonyl (C=O) groups is 2. The van der Waals surface area contributed by atoms with Gasteiger partial charge in [0.25, 0.3) is 11.8 Å². The zero-order valence-corrected chi connectivity index (χ0v) is 20.1. The Morgan fingerprint density at radius 3 is 2.38 bits per heavy atom. The molecule has 34 heavy (non-hydrogen) atoms. The van der Waals surface area contributed by atoms with Crippen molar-refractivity contribution in [3.05, 3.63) is 101 Å². The molecule has 0 aliphatic carbocycles. The molecule has 3 aromatic carbocycles. The number of fused-ring (bicyclic) bond motifs is 1. The van der Waals surface area contributed by atoms with Gasteiger partial charge in [-0.2, -0.15) is 0 Å². The van der Waals surface area contributed by atoms with E-state index in [1.165, 1.54) is 0 Å². The fraction of sp³-hybridized carbons (Fsp3) is 0.286. The smallest absolute Gasteiger partial charge is 0.257 e. The molecule has 3 aromatic rings. The number of benzene rings is 3. The largest absolute Gasteiger partial charge is 0.491 e.